The van der Waals surface area contributed by atoms with Crippen LogP contribution in [0, 0.1) is 5.82 Å². The first kappa shape index (κ1) is 13.5. The smallest absolute Gasteiger partial charge is 0.253 e. The molecule has 1 atom stereocenters. The fraction of sp³-hybridized carbons (Fsp3) is 0.533. The van der Waals surface area contributed by atoms with Crippen LogP contribution in [0.4, 0.5) is 10.1 Å². The zero-order valence-electron chi connectivity index (χ0n) is 11.4. The maximum Gasteiger partial charge on any atom is 0.253 e. The lowest BCUT2D eigenvalue weighted by atomic mass is 9.87. The topological polar surface area (TPSA) is 41.6 Å². The highest BCUT2D eigenvalue weighted by atomic mass is 19.1. The molecule has 20 heavy (non-hydrogen) atoms. The second-order valence-corrected chi connectivity index (χ2v) is 5.50. The number of morpholine rings is 1. The first-order valence-electron chi connectivity index (χ1n) is 7.09. The van der Waals surface area contributed by atoms with Crippen LogP contribution in [0.5, 0.6) is 0 Å². The molecule has 0 radical (unpaired) electrons. The molecule has 0 saturated carbocycles. The molecule has 1 N–H and O–H groups in total. The number of anilines is 1. The van der Waals surface area contributed by atoms with E-state index in [1.165, 1.54) is 6.07 Å². The number of nitrogens with one attached hydrogen (secondary N) is 1. The molecule has 2 fully saturated rings. The molecular weight excluding hydrogens is 259 g/mol. The molecule has 1 aromatic rings. The molecule has 0 aliphatic carbocycles. The van der Waals surface area contributed by atoms with Crippen LogP contribution in [0.1, 0.15) is 19.3 Å². The Bertz CT molecular complexity index is 498. The van der Waals surface area contributed by atoms with Gasteiger partial charge >= 0.3 is 0 Å². The Balaban J connectivity index is 2.02. The lowest BCUT2D eigenvalue weighted by molar-refractivity contribution is -0.130. The molecule has 1 aromatic carbocycles. The predicted octanol–water partition coefficient (Wildman–Crippen LogP) is 1.70. The van der Waals surface area contributed by atoms with Crippen LogP contribution >= 0.6 is 0 Å². The molecule has 108 valence electrons. The molecule has 0 bridgehead atoms. The molecule has 1 spiro atoms. The number of carbonyl (C=O) groups is 1. The van der Waals surface area contributed by atoms with E-state index in [1.54, 1.807) is 23.1 Å². The van der Waals surface area contributed by atoms with Gasteiger partial charge in [-0.1, -0.05) is 12.1 Å². The average molecular weight is 278 g/mol. The van der Waals surface area contributed by atoms with Gasteiger partial charge in [0.15, 0.2) is 0 Å². The lowest BCUT2D eigenvalue weighted by Crippen LogP contribution is -2.60. The van der Waals surface area contributed by atoms with Gasteiger partial charge in [0.05, 0.1) is 17.8 Å². The molecule has 5 heteroatoms. The number of benzene rings is 1. The summed E-state index contributed by atoms with van der Waals surface area (Å²) in [5.41, 5.74) is -0.0381. The molecule has 1 amide bonds. The second kappa shape index (κ2) is 5.50. The van der Waals surface area contributed by atoms with Gasteiger partial charge in [0, 0.05) is 0 Å². The highest BCUT2D eigenvalue weighted by molar-refractivity contribution is 5.96. The zero-order valence-corrected chi connectivity index (χ0v) is 11.4. The number of carbonyl (C=O) groups excluding carboxylic acids is 1. The SMILES string of the molecule is O=C1COCC2(CCCNCC2)N1c1ccccc1F. The monoisotopic (exact) mass is 278 g/mol. The normalized spacial score (nSPS) is 27.6. The maximum atomic E-state index is 14.1. The van der Waals surface area contributed by atoms with E-state index < -0.39 is 5.54 Å². The third-order valence-corrected chi connectivity index (χ3v) is 4.18. The van der Waals surface area contributed by atoms with Crippen molar-refractivity contribution < 1.29 is 13.9 Å². The maximum absolute atomic E-state index is 14.1. The highest BCUT2D eigenvalue weighted by Gasteiger charge is 2.44. The first-order valence-corrected chi connectivity index (χ1v) is 7.09. The van der Waals surface area contributed by atoms with Crippen molar-refractivity contribution in [3.8, 4) is 0 Å². The van der Waals surface area contributed by atoms with Crippen LogP contribution in [0.15, 0.2) is 24.3 Å². The average Bonchev–Trinajstić information content (AvgIpc) is 2.67. The third-order valence-electron chi connectivity index (χ3n) is 4.18. The summed E-state index contributed by atoms with van der Waals surface area (Å²) >= 11 is 0. The van der Waals surface area contributed by atoms with E-state index in [9.17, 15) is 9.18 Å². The van der Waals surface area contributed by atoms with Crippen LogP contribution in [-0.4, -0.2) is 37.7 Å². The summed E-state index contributed by atoms with van der Waals surface area (Å²) in [6.45, 7) is 2.26. The van der Waals surface area contributed by atoms with Crippen molar-refractivity contribution in [3.05, 3.63) is 30.1 Å². The minimum atomic E-state index is -0.416. The van der Waals surface area contributed by atoms with Gasteiger partial charge in [0.1, 0.15) is 12.4 Å². The number of hydrogen-bond donors (Lipinski definition) is 1. The second-order valence-electron chi connectivity index (χ2n) is 5.50. The van der Waals surface area contributed by atoms with E-state index in [2.05, 4.69) is 5.32 Å². The number of ether oxygens (including phenoxy) is 1. The van der Waals surface area contributed by atoms with E-state index >= 15 is 0 Å². The predicted molar refractivity (Wildman–Crippen MR) is 74.2 cm³/mol. The van der Waals surface area contributed by atoms with Gasteiger partial charge < -0.3 is 10.1 Å². The quantitative estimate of drug-likeness (QED) is 0.850. The summed E-state index contributed by atoms with van der Waals surface area (Å²) in [4.78, 5) is 14.0. The van der Waals surface area contributed by atoms with E-state index in [0.717, 1.165) is 32.4 Å². The van der Waals surface area contributed by atoms with Crippen molar-refractivity contribution in [2.24, 2.45) is 0 Å². The van der Waals surface area contributed by atoms with Gasteiger partial charge in [-0.2, -0.15) is 0 Å². The molecule has 2 aliphatic heterocycles. The lowest BCUT2D eigenvalue weighted by Gasteiger charge is -2.46. The number of rotatable bonds is 1. The number of amides is 1. The van der Waals surface area contributed by atoms with Gasteiger partial charge in [-0.05, 0) is 44.5 Å². The van der Waals surface area contributed by atoms with Crippen molar-refractivity contribution >= 4 is 11.6 Å². The summed E-state index contributed by atoms with van der Waals surface area (Å²) in [7, 11) is 0. The Morgan fingerprint density at radius 2 is 2.10 bits per heavy atom. The van der Waals surface area contributed by atoms with Crippen molar-refractivity contribution in [2.45, 2.75) is 24.8 Å². The Labute approximate surface area is 117 Å². The van der Waals surface area contributed by atoms with Crippen LogP contribution < -0.4 is 10.2 Å². The van der Waals surface area contributed by atoms with Gasteiger partial charge in [-0.15, -0.1) is 0 Å². The largest absolute Gasteiger partial charge is 0.369 e. The molecule has 2 saturated heterocycles. The minimum Gasteiger partial charge on any atom is -0.369 e. The summed E-state index contributed by atoms with van der Waals surface area (Å²) in [5.74, 6) is -0.498. The summed E-state index contributed by atoms with van der Waals surface area (Å²) in [5, 5.41) is 3.33. The molecule has 4 nitrogen and oxygen atoms in total. The summed E-state index contributed by atoms with van der Waals surface area (Å²) < 4.78 is 19.6. The number of halogens is 1. The van der Waals surface area contributed by atoms with Crippen molar-refractivity contribution in [1.82, 2.24) is 5.32 Å². The fourth-order valence-corrected chi connectivity index (χ4v) is 3.23. The van der Waals surface area contributed by atoms with E-state index in [-0.39, 0.29) is 18.3 Å². The van der Waals surface area contributed by atoms with E-state index in [4.69, 9.17) is 4.74 Å². The minimum absolute atomic E-state index is 0.0313. The van der Waals surface area contributed by atoms with Gasteiger partial charge in [0.2, 0.25) is 0 Å². The van der Waals surface area contributed by atoms with Crippen LogP contribution in [0.25, 0.3) is 0 Å². The Morgan fingerprint density at radius 3 is 2.95 bits per heavy atom. The Hall–Kier alpha value is -1.46. The molecule has 2 aliphatic rings. The number of hydrogen-bond acceptors (Lipinski definition) is 3. The van der Waals surface area contributed by atoms with E-state index in [0.29, 0.717) is 12.3 Å². The Kier molecular flexibility index (Phi) is 3.72. The molecule has 3 rings (SSSR count). The van der Waals surface area contributed by atoms with E-state index in [1.807, 2.05) is 0 Å². The van der Waals surface area contributed by atoms with Crippen LogP contribution in [-0.2, 0) is 9.53 Å². The Morgan fingerprint density at radius 1 is 1.25 bits per heavy atom. The van der Waals surface area contributed by atoms with Gasteiger partial charge in [-0.3, -0.25) is 9.69 Å². The van der Waals surface area contributed by atoms with Gasteiger partial charge in [0.25, 0.3) is 5.91 Å². The molecular formula is C15H19FN2O2. The molecule has 0 aromatic heterocycles. The van der Waals surface area contributed by atoms with Crippen molar-refractivity contribution in [3.63, 3.8) is 0 Å². The summed E-state index contributed by atoms with van der Waals surface area (Å²) in [6.07, 6.45) is 2.58. The first-order chi connectivity index (χ1) is 9.73. The fourth-order valence-electron chi connectivity index (χ4n) is 3.23. The van der Waals surface area contributed by atoms with Gasteiger partial charge in [-0.25, -0.2) is 4.39 Å². The third kappa shape index (κ3) is 2.31. The van der Waals surface area contributed by atoms with Crippen molar-refractivity contribution in [1.29, 1.82) is 0 Å². The van der Waals surface area contributed by atoms with Crippen molar-refractivity contribution in [2.75, 3.05) is 31.2 Å². The standard InChI is InChI=1S/C15H19FN2O2/c16-12-4-1-2-5-13(12)18-14(19)10-20-11-15(18)6-3-8-17-9-7-15/h1-2,4-5,17H,3,6-11H2. The summed E-state index contributed by atoms with van der Waals surface area (Å²) in [6, 6.07) is 6.49. The van der Waals surface area contributed by atoms with Crippen LogP contribution in [0.2, 0.25) is 0 Å². The highest BCUT2D eigenvalue weighted by Crippen LogP contribution is 2.36. The number of para-hydroxylation sites is 1. The molecule has 1 unspecified atom stereocenters. The number of nitrogens with zero attached hydrogens (tertiary/aromatic N) is 1. The zero-order chi connectivity index (χ0) is 14.0. The van der Waals surface area contributed by atoms with Crippen LogP contribution in [0.3, 0.4) is 0 Å². The molecule has 2 heterocycles.